The van der Waals surface area contributed by atoms with Crippen LogP contribution in [0.25, 0.3) is 0 Å². The smallest absolute Gasteiger partial charge is 0.223 e. The van der Waals surface area contributed by atoms with Gasteiger partial charge in [0.1, 0.15) is 0 Å². The standard InChI is InChI=1S/C18H32ClNO/c1-18(2,3)15-10-8-13(9-11-15)17(21)20-16-7-5-4-6-14(16)12-19/h13-16H,4-12H2,1-3H3,(H,20,21). The third-order valence-electron chi connectivity index (χ3n) is 5.76. The van der Waals surface area contributed by atoms with Gasteiger partial charge in [0.25, 0.3) is 0 Å². The van der Waals surface area contributed by atoms with E-state index in [2.05, 4.69) is 26.1 Å². The summed E-state index contributed by atoms with van der Waals surface area (Å²) in [5.74, 6) is 2.47. The Morgan fingerprint density at radius 1 is 1.05 bits per heavy atom. The van der Waals surface area contributed by atoms with Crippen molar-refractivity contribution in [2.75, 3.05) is 5.88 Å². The molecule has 2 saturated carbocycles. The first-order chi connectivity index (χ1) is 9.91. The van der Waals surface area contributed by atoms with Gasteiger partial charge in [-0.05, 0) is 55.8 Å². The molecule has 0 aromatic carbocycles. The maximum Gasteiger partial charge on any atom is 0.223 e. The van der Waals surface area contributed by atoms with Crippen LogP contribution in [0.1, 0.15) is 72.1 Å². The van der Waals surface area contributed by atoms with Crippen LogP contribution in [0.3, 0.4) is 0 Å². The van der Waals surface area contributed by atoms with Gasteiger partial charge in [-0.2, -0.15) is 0 Å². The van der Waals surface area contributed by atoms with Crippen molar-refractivity contribution < 1.29 is 4.79 Å². The molecule has 0 aromatic rings. The Morgan fingerprint density at radius 3 is 2.24 bits per heavy atom. The molecule has 0 spiro atoms. The van der Waals surface area contributed by atoms with E-state index in [1.807, 2.05) is 0 Å². The normalized spacial score (nSPS) is 34.5. The average Bonchev–Trinajstić information content (AvgIpc) is 2.47. The molecule has 2 nitrogen and oxygen atoms in total. The number of carbonyl (C=O) groups excluding carboxylic acids is 1. The maximum atomic E-state index is 12.5. The topological polar surface area (TPSA) is 29.1 Å². The zero-order valence-electron chi connectivity index (χ0n) is 14.0. The Bertz CT molecular complexity index is 342. The fourth-order valence-electron chi connectivity index (χ4n) is 4.10. The van der Waals surface area contributed by atoms with E-state index in [4.69, 9.17) is 11.6 Å². The lowest BCUT2D eigenvalue weighted by molar-refractivity contribution is -0.127. The lowest BCUT2D eigenvalue weighted by Crippen LogP contribution is -2.46. The summed E-state index contributed by atoms with van der Waals surface area (Å²) in [6.45, 7) is 6.97. The molecule has 0 heterocycles. The summed E-state index contributed by atoms with van der Waals surface area (Å²) in [4.78, 5) is 12.5. The third kappa shape index (κ3) is 4.61. The highest BCUT2D eigenvalue weighted by Crippen LogP contribution is 2.40. The number of carbonyl (C=O) groups is 1. The van der Waals surface area contributed by atoms with Crippen LogP contribution in [0.5, 0.6) is 0 Å². The number of nitrogens with one attached hydrogen (secondary N) is 1. The Morgan fingerprint density at radius 2 is 1.67 bits per heavy atom. The van der Waals surface area contributed by atoms with Crippen LogP contribution >= 0.6 is 11.6 Å². The van der Waals surface area contributed by atoms with Crippen LogP contribution in [0.2, 0.25) is 0 Å². The van der Waals surface area contributed by atoms with E-state index < -0.39 is 0 Å². The highest BCUT2D eigenvalue weighted by molar-refractivity contribution is 6.18. The predicted octanol–water partition coefficient (Wildman–Crippen LogP) is 4.75. The second-order valence-corrected chi connectivity index (χ2v) is 8.54. The van der Waals surface area contributed by atoms with Crippen LogP contribution in [0, 0.1) is 23.2 Å². The molecule has 21 heavy (non-hydrogen) atoms. The average molecular weight is 314 g/mol. The molecule has 1 amide bonds. The quantitative estimate of drug-likeness (QED) is 0.748. The van der Waals surface area contributed by atoms with Crippen LogP contribution in [0.15, 0.2) is 0 Å². The van der Waals surface area contributed by atoms with Gasteiger partial charge in [-0.1, -0.05) is 33.6 Å². The summed E-state index contributed by atoms with van der Waals surface area (Å²) < 4.78 is 0. The Balaban J connectivity index is 1.82. The van der Waals surface area contributed by atoms with Gasteiger partial charge >= 0.3 is 0 Å². The van der Waals surface area contributed by atoms with Crippen molar-refractivity contribution in [3.8, 4) is 0 Å². The second kappa shape index (κ2) is 7.35. The lowest BCUT2D eigenvalue weighted by atomic mass is 9.69. The van der Waals surface area contributed by atoms with Gasteiger partial charge in [0, 0.05) is 17.8 Å². The fraction of sp³-hybridized carbons (Fsp3) is 0.944. The molecule has 1 N–H and O–H groups in total. The zero-order valence-corrected chi connectivity index (χ0v) is 14.7. The molecule has 0 radical (unpaired) electrons. The van der Waals surface area contributed by atoms with Gasteiger partial charge in [0.15, 0.2) is 0 Å². The zero-order chi connectivity index (χ0) is 15.5. The molecule has 122 valence electrons. The number of hydrogen-bond donors (Lipinski definition) is 1. The van der Waals surface area contributed by atoms with Gasteiger partial charge < -0.3 is 5.32 Å². The number of hydrogen-bond acceptors (Lipinski definition) is 1. The molecule has 2 unspecified atom stereocenters. The Labute approximate surface area is 135 Å². The number of amides is 1. The first-order valence-electron chi connectivity index (χ1n) is 8.78. The minimum absolute atomic E-state index is 0.238. The fourth-order valence-corrected chi connectivity index (χ4v) is 4.47. The Kier molecular flexibility index (Phi) is 5.99. The van der Waals surface area contributed by atoms with Crippen molar-refractivity contribution in [3.63, 3.8) is 0 Å². The summed E-state index contributed by atoms with van der Waals surface area (Å²) in [6, 6.07) is 0.323. The van der Waals surface area contributed by atoms with Crippen molar-refractivity contribution in [1.29, 1.82) is 0 Å². The van der Waals surface area contributed by atoms with Crippen molar-refractivity contribution in [1.82, 2.24) is 5.32 Å². The molecule has 0 saturated heterocycles. The van der Waals surface area contributed by atoms with Crippen molar-refractivity contribution in [3.05, 3.63) is 0 Å². The van der Waals surface area contributed by atoms with Crippen LogP contribution in [0.4, 0.5) is 0 Å². The molecule has 2 fully saturated rings. The molecule has 3 heteroatoms. The van der Waals surface area contributed by atoms with E-state index in [0.29, 0.717) is 29.2 Å². The van der Waals surface area contributed by atoms with Crippen molar-refractivity contribution >= 4 is 17.5 Å². The minimum atomic E-state index is 0.238. The first kappa shape index (κ1) is 17.1. The maximum absolute atomic E-state index is 12.5. The van der Waals surface area contributed by atoms with E-state index in [1.165, 1.54) is 32.1 Å². The van der Waals surface area contributed by atoms with E-state index in [9.17, 15) is 4.79 Å². The number of halogens is 1. The molecule has 0 aliphatic heterocycles. The molecule has 2 rings (SSSR count). The summed E-state index contributed by atoms with van der Waals surface area (Å²) in [6.07, 6.45) is 9.30. The molecule has 2 aliphatic rings. The highest BCUT2D eigenvalue weighted by atomic mass is 35.5. The molecule has 0 bridgehead atoms. The van der Waals surface area contributed by atoms with Crippen LogP contribution < -0.4 is 5.32 Å². The summed E-state index contributed by atoms with van der Waals surface area (Å²) in [5, 5.41) is 3.32. The monoisotopic (exact) mass is 313 g/mol. The van der Waals surface area contributed by atoms with E-state index >= 15 is 0 Å². The third-order valence-corrected chi connectivity index (χ3v) is 6.15. The number of alkyl halides is 1. The Hall–Kier alpha value is -0.240. The van der Waals surface area contributed by atoms with Gasteiger partial charge in [-0.15, -0.1) is 11.6 Å². The largest absolute Gasteiger partial charge is 0.353 e. The van der Waals surface area contributed by atoms with Crippen molar-refractivity contribution in [2.45, 2.75) is 78.2 Å². The number of rotatable bonds is 3. The predicted molar refractivity (Wildman–Crippen MR) is 89.5 cm³/mol. The lowest BCUT2D eigenvalue weighted by Gasteiger charge is -2.37. The van der Waals surface area contributed by atoms with Crippen LogP contribution in [-0.4, -0.2) is 17.8 Å². The van der Waals surface area contributed by atoms with Gasteiger partial charge in [-0.3, -0.25) is 4.79 Å². The van der Waals surface area contributed by atoms with Gasteiger partial charge in [-0.25, -0.2) is 0 Å². The van der Waals surface area contributed by atoms with E-state index in [-0.39, 0.29) is 5.92 Å². The van der Waals surface area contributed by atoms with Crippen molar-refractivity contribution in [2.24, 2.45) is 23.2 Å². The SMILES string of the molecule is CC(C)(C)C1CCC(C(=O)NC2CCCCC2CCl)CC1. The summed E-state index contributed by atoms with van der Waals surface area (Å²) in [5.41, 5.74) is 0.383. The van der Waals surface area contributed by atoms with E-state index in [0.717, 1.165) is 25.2 Å². The molecular formula is C18H32ClNO. The van der Waals surface area contributed by atoms with E-state index in [1.54, 1.807) is 0 Å². The van der Waals surface area contributed by atoms with Gasteiger partial charge in [0.05, 0.1) is 0 Å². The van der Waals surface area contributed by atoms with Gasteiger partial charge in [0.2, 0.25) is 5.91 Å². The van der Waals surface area contributed by atoms with Crippen LogP contribution in [-0.2, 0) is 4.79 Å². The molecule has 2 aliphatic carbocycles. The summed E-state index contributed by atoms with van der Waals surface area (Å²) in [7, 11) is 0. The molecule has 0 aromatic heterocycles. The highest BCUT2D eigenvalue weighted by Gasteiger charge is 2.34. The molecule has 2 atom stereocenters. The summed E-state index contributed by atoms with van der Waals surface area (Å²) >= 11 is 6.06. The minimum Gasteiger partial charge on any atom is -0.353 e. The molecular weight excluding hydrogens is 282 g/mol. The second-order valence-electron chi connectivity index (χ2n) is 8.23. The first-order valence-corrected chi connectivity index (χ1v) is 9.31.